The molecule has 1 aliphatic rings. The van der Waals surface area contributed by atoms with Crippen LogP contribution in [-0.2, 0) is 11.3 Å². The lowest BCUT2D eigenvalue weighted by Crippen LogP contribution is -2.37. The number of hydrogen-bond acceptors (Lipinski definition) is 9. The summed E-state index contributed by atoms with van der Waals surface area (Å²) in [5.74, 6) is 2.60. The molecule has 1 aliphatic heterocycles. The Morgan fingerprint density at radius 2 is 1.74 bits per heavy atom. The standard InChI is InChI=1S/C25H28N6O4/c1-16-4-7-18(8-5-16)26-24-27-21-22(28-24)29-25(30-23(21)31-10-12-34-13-11-31)35-15-17-6-9-19(32-2)20(14-17)33-3/h4-9,14H,10-13,15H2,1-3H3,(H2,26,27,28,29,30). The van der Waals surface area contributed by atoms with Gasteiger partial charge in [0.25, 0.3) is 0 Å². The number of H-pyrrole nitrogens is 1. The first kappa shape index (κ1) is 22.7. The lowest BCUT2D eigenvalue weighted by molar-refractivity contribution is 0.122. The van der Waals surface area contributed by atoms with Gasteiger partial charge in [-0.3, -0.25) is 0 Å². The molecule has 0 atom stereocenters. The molecule has 1 fully saturated rings. The van der Waals surface area contributed by atoms with Crippen molar-refractivity contribution >= 4 is 28.6 Å². The predicted molar refractivity (Wildman–Crippen MR) is 133 cm³/mol. The Hall–Kier alpha value is -4.05. The van der Waals surface area contributed by atoms with Gasteiger partial charge in [-0.15, -0.1) is 0 Å². The molecule has 1 saturated heterocycles. The Balaban J connectivity index is 1.44. The summed E-state index contributed by atoms with van der Waals surface area (Å²) in [5, 5.41) is 3.31. The van der Waals surface area contributed by atoms with E-state index in [9.17, 15) is 0 Å². The second kappa shape index (κ2) is 10.1. The molecule has 0 amide bonds. The highest BCUT2D eigenvalue weighted by molar-refractivity contribution is 5.86. The van der Waals surface area contributed by atoms with Crippen molar-refractivity contribution in [2.24, 2.45) is 0 Å². The van der Waals surface area contributed by atoms with Gasteiger partial charge in [0.2, 0.25) is 5.95 Å². The van der Waals surface area contributed by atoms with Crippen LogP contribution < -0.4 is 24.4 Å². The maximum atomic E-state index is 6.00. The van der Waals surface area contributed by atoms with E-state index in [0.717, 1.165) is 24.3 Å². The number of nitrogens with one attached hydrogen (secondary N) is 2. The van der Waals surface area contributed by atoms with E-state index < -0.39 is 0 Å². The van der Waals surface area contributed by atoms with Crippen LogP contribution in [0.25, 0.3) is 11.2 Å². The van der Waals surface area contributed by atoms with Gasteiger partial charge < -0.3 is 34.1 Å². The average molecular weight is 477 g/mol. The number of nitrogens with zero attached hydrogens (tertiary/aromatic N) is 4. The largest absolute Gasteiger partial charge is 0.493 e. The molecule has 0 saturated carbocycles. The Kier molecular flexibility index (Phi) is 6.53. The van der Waals surface area contributed by atoms with Gasteiger partial charge in [0, 0.05) is 18.8 Å². The van der Waals surface area contributed by atoms with Gasteiger partial charge in [-0.2, -0.15) is 9.97 Å². The van der Waals surface area contributed by atoms with Crippen molar-refractivity contribution in [3.8, 4) is 17.5 Å². The second-order valence-corrected chi connectivity index (χ2v) is 8.18. The molecule has 10 nitrogen and oxygen atoms in total. The molecule has 10 heteroatoms. The summed E-state index contributed by atoms with van der Waals surface area (Å²) in [6.07, 6.45) is 0. The number of fused-ring (bicyclic) bond motifs is 1. The van der Waals surface area contributed by atoms with E-state index in [-0.39, 0.29) is 12.6 Å². The molecule has 0 radical (unpaired) electrons. The summed E-state index contributed by atoms with van der Waals surface area (Å²) < 4.78 is 22.2. The fourth-order valence-electron chi connectivity index (χ4n) is 3.88. The first-order chi connectivity index (χ1) is 17.1. The predicted octanol–water partition coefficient (Wildman–Crippen LogP) is 3.84. The summed E-state index contributed by atoms with van der Waals surface area (Å²) >= 11 is 0. The van der Waals surface area contributed by atoms with E-state index in [2.05, 4.69) is 27.1 Å². The number of hydrogen-bond donors (Lipinski definition) is 2. The Bertz CT molecular complexity index is 1300. The van der Waals surface area contributed by atoms with Crippen LogP contribution in [0.15, 0.2) is 42.5 Å². The number of aromatic amines is 1. The monoisotopic (exact) mass is 476 g/mol. The molecule has 0 aliphatic carbocycles. The van der Waals surface area contributed by atoms with Gasteiger partial charge >= 0.3 is 6.01 Å². The SMILES string of the molecule is COc1ccc(COc2nc(N3CCOCC3)c3nc(Nc4ccc(C)cc4)[nH]c3n2)cc1OC. The molecular weight excluding hydrogens is 448 g/mol. The highest BCUT2D eigenvalue weighted by atomic mass is 16.5. The van der Waals surface area contributed by atoms with Crippen molar-refractivity contribution in [2.45, 2.75) is 13.5 Å². The minimum absolute atomic E-state index is 0.263. The highest BCUT2D eigenvalue weighted by Gasteiger charge is 2.21. The minimum Gasteiger partial charge on any atom is -0.493 e. The molecule has 4 aromatic rings. The van der Waals surface area contributed by atoms with Gasteiger partial charge in [0.05, 0.1) is 27.4 Å². The van der Waals surface area contributed by atoms with Crippen LogP contribution in [0.4, 0.5) is 17.5 Å². The minimum atomic E-state index is 0.263. The van der Waals surface area contributed by atoms with Crippen molar-refractivity contribution in [1.29, 1.82) is 0 Å². The maximum absolute atomic E-state index is 6.00. The smallest absolute Gasteiger partial charge is 0.320 e. The number of morpholine rings is 1. The van der Waals surface area contributed by atoms with Crippen LogP contribution in [0, 0.1) is 6.92 Å². The van der Waals surface area contributed by atoms with Crippen molar-refractivity contribution in [3.05, 3.63) is 53.6 Å². The molecule has 0 spiro atoms. The lowest BCUT2D eigenvalue weighted by Gasteiger charge is -2.27. The number of rotatable bonds is 8. The fourth-order valence-corrected chi connectivity index (χ4v) is 3.88. The number of aryl methyl sites for hydroxylation is 1. The first-order valence-electron chi connectivity index (χ1n) is 11.4. The van der Waals surface area contributed by atoms with E-state index in [4.69, 9.17) is 28.9 Å². The quantitative estimate of drug-likeness (QED) is 0.392. The topological polar surface area (TPSA) is 107 Å². The van der Waals surface area contributed by atoms with Gasteiger partial charge in [-0.1, -0.05) is 23.8 Å². The Morgan fingerprint density at radius 3 is 2.49 bits per heavy atom. The van der Waals surface area contributed by atoms with E-state index in [1.165, 1.54) is 5.56 Å². The number of benzene rings is 2. The normalized spacial score (nSPS) is 13.6. The lowest BCUT2D eigenvalue weighted by atomic mass is 10.2. The van der Waals surface area contributed by atoms with Gasteiger partial charge in [-0.05, 0) is 36.8 Å². The fraction of sp³-hybridized carbons (Fsp3) is 0.320. The molecule has 35 heavy (non-hydrogen) atoms. The van der Waals surface area contributed by atoms with Gasteiger partial charge in [0.1, 0.15) is 6.61 Å². The van der Waals surface area contributed by atoms with Crippen LogP contribution in [-0.4, -0.2) is 60.5 Å². The summed E-state index contributed by atoms with van der Waals surface area (Å²) in [5.41, 5.74) is 4.31. The third-order valence-corrected chi connectivity index (χ3v) is 5.75. The maximum Gasteiger partial charge on any atom is 0.320 e. The van der Waals surface area contributed by atoms with E-state index in [0.29, 0.717) is 47.6 Å². The summed E-state index contributed by atoms with van der Waals surface area (Å²) in [4.78, 5) is 19.5. The zero-order valence-electron chi connectivity index (χ0n) is 20.0. The molecule has 182 valence electrons. The molecule has 2 aromatic carbocycles. The van der Waals surface area contributed by atoms with E-state index in [1.54, 1.807) is 14.2 Å². The van der Waals surface area contributed by atoms with Crippen LogP contribution in [0.2, 0.25) is 0 Å². The van der Waals surface area contributed by atoms with Crippen molar-refractivity contribution < 1.29 is 18.9 Å². The number of anilines is 3. The third kappa shape index (κ3) is 5.07. The van der Waals surface area contributed by atoms with Crippen LogP contribution in [0.3, 0.4) is 0 Å². The van der Waals surface area contributed by atoms with Crippen molar-refractivity contribution in [3.63, 3.8) is 0 Å². The number of imidazole rings is 1. The van der Waals surface area contributed by atoms with Crippen LogP contribution in [0.5, 0.6) is 17.5 Å². The third-order valence-electron chi connectivity index (χ3n) is 5.75. The average Bonchev–Trinajstić information content (AvgIpc) is 3.31. The number of methoxy groups -OCH3 is 2. The Morgan fingerprint density at radius 1 is 0.971 bits per heavy atom. The molecule has 0 unspecified atom stereocenters. The first-order valence-corrected chi connectivity index (χ1v) is 11.4. The summed E-state index contributed by atoms with van der Waals surface area (Å²) in [6.45, 7) is 5.03. The molecule has 3 heterocycles. The molecule has 2 N–H and O–H groups in total. The molecule has 0 bridgehead atoms. The number of aromatic nitrogens is 4. The van der Waals surface area contributed by atoms with Gasteiger partial charge in [-0.25, -0.2) is 4.98 Å². The highest BCUT2D eigenvalue weighted by Crippen LogP contribution is 2.30. The number of ether oxygens (including phenoxy) is 4. The molecule has 5 rings (SSSR count). The van der Waals surface area contributed by atoms with Crippen LogP contribution in [0.1, 0.15) is 11.1 Å². The zero-order valence-corrected chi connectivity index (χ0v) is 20.0. The second-order valence-electron chi connectivity index (χ2n) is 8.18. The summed E-state index contributed by atoms with van der Waals surface area (Å²) in [7, 11) is 3.21. The molecular formula is C25H28N6O4. The zero-order chi connectivity index (χ0) is 24.2. The van der Waals surface area contributed by atoms with Crippen LogP contribution >= 0.6 is 0 Å². The van der Waals surface area contributed by atoms with Gasteiger partial charge in [0.15, 0.2) is 28.5 Å². The summed E-state index contributed by atoms with van der Waals surface area (Å²) in [6, 6.07) is 14.0. The Labute approximate surface area is 203 Å². The van der Waals surface area contributed by atoms with Crippen molar-refractivity contribution in [2.75, 3.05) is 50.7 Å². The van der Waals surface area contributed by atoms with E-state index >= 15 is 0 Å². The van der Waals surface area contributed by atoms with E-state index in [1.807, 2.05) is 42.5 Å². The molecule has 2 aromatic heterocycles. The van der Waals surface area contributed by atoms with Crippen molar-refractivity contribution in [1.82, 2.24) is 19.9 Å².